The van der Waals surface area contributed by atoms with E-state index in [1.54, 1.807) is 31.0 Å². The third-order valence-corrected chi connectivity index (χ3v) is 4.61. The zero-order chi connectivity index (χ0) is 21.6. The molecule has 2 aromatic rings. The molecule has 0 spiro atoms. The Morgan fingerprint density at radius 2 is 1.86 bits per heavy atom. The number of nitrogens with zero attached hydrogens (tertiary/aromatic N) is 3. The molecular formula is C20H28FN5O3. The number of nitrogens with one attached hydrogen (secondary N) is 1. The smallest absolute Gasteiger partial charge is 0.330 e. The third-order valence-electron chi connectivity index (χ3n) is 4.61. The number of nitrogens with two attached hydrogens (primary N) is 1. The maximum atomic E-state index is 13.0. The van der Waals surface area contributed by atoms with E-state index in [2.05, 4.69) is 4.98 Å². The standard InChI is InChI=1S/C20H28FN5O3/c1-4-6-11-26-18(22)17(19(28)23-20(26)29)25(5-2)16(27)13-24(3)12-14-7-9-15(21)10-8-14/h7-10H,4-6,11-13,22H2,1-3H3,(H,23,28,29). The van der Waals surface area contributed by atoms with E-state index in [1.807, 2.05) is 6.92 Å². The van der Waals surface area contributed by atoms with Gasteiger partial charge in [-0.15, -0.1) is 0 Å². The van der Waals surface area contributed by atoms with Crippen LogP contribution in [-0.4, -0.2) is 40.5 Å². The lowest BCUT2D eigenvalue weighted by Crippen LogP contribution is -2.44. The average Bonchev–Trinajstić information content (AvgIpc) is 2.66. The van der Waals surface area contributed by atoms with E-state index in [-0.39, 0.29) is 36.3 Å². The molecule has 29 heavy (non-hydrogen) atoms. The van der Waals surface area contributed by atoms with Gasteiger partial charge in [-0.05, 0) is 38.1 Å². The van der Waals surface area contributed by atoms with E-state index in [0.29, 0.717) is 13.1 Å². The maximum Gasteiger partial charge on any atom is 0.330 e. The number of hydrogen-bond acceptors (Lipinski definition) is 5. The molecule has 0 aliphatic heterocycles. The van der Waals surface area contributed by atoms with Gasteiger partial charge in [-0.3, -0.25) is 24.0 Å². The van der Waals surface area contributed by atoms with Crippen molar-refractivity contribution in [1.29, 1.82) is 0 Å². The Labute approximate surface area is 168 Å². The second-order valence-electron chi connectivity index (χ2n) is 6.94. The molecule has 2 rings (SSSR count). The van der Waals surface area contributed by atoms with Gasteiger partial charge in [-0.2, -0.15) is 0 Å². The zero-order valence-corrected chi connectivity index (χ0v) is 17.1. The number of amides is 1. The highest BCUT2D eigenvalue weighted by Gasteiger charge is 2.23. The highest BCUT2D eigenvalue weighted by Crippen LogP contribution is 2.17. The number of H-pyrrole nitrogens is 1. The highest BCUT2D eigenvalue weighted by atomic mass is 19.1. The molecule has 0 aliphatic rings. The molecule has 0 unspecified atom stereocenters. The molecule has 8 nitrogen and oxygen atoms in total. The van der Waals surface area contributed by atoms with Gasteiger partial charge in [0, 0.05) is 19.6 Å². The minimum Gasteiger partial charge on any atom is -0.383 e. The van der Waals surface area contributed by atoms with E-state index in [4.69, 9.17) is 5.73 Å². The fourth-order valence-electron chi connectivity index (χ4n) is 3.11. The van der Waals surface area contributed by atoms with Crippen LogP contribution in [0.3, 0.4) is 0 Å². The Bertz CT molecular complexity index is 952. The lowest BCUT2D eigenvalue weighted by molar-refractivity contribution is -0.119. The van der Waals surface area contributed by atoms with Crippen LogP contribution in [0.4, 0.5) is 15.9 Å². The molecular weight excluding hydrogens is 377 g/mol. The van der Waals surface area contributed by atoms with Crippen LogP contribution in [0.15, 0.2) is 33.9 Å². The average molecular weight is 405 g/mol. The van der Waals surface area contributed by atoms with Crippen LogP contribution in [-0.2, 0) is 17.9 Å². The summed E-state index contributed by atoms with van der Waals surface area (Å²) in [5, 5.41) is 0. The van der Waals surface area contributed by atoms with Gasteiger partial charge < -0.3 is 10.6 Å². The Morgan fingerprint density at radius 1 is 1.21 bits per heavy atom. The largest absolute Gasteiger partial charge is 0.383 e. The number of aromatic nitrogens is 2. The minimum atomic E-state index is -0.684. The first-order chi connectivity index (χ1) is 13.8. The van der Waals surface area contributed by atoms with Crippen molar-refractivity contribution in [2.75, 3.05) is 30.8 Å². The summed E-state index contributed by atoms with van der Waals surface area (Å²) in [6.45, 7) is 4.76. The van der Waals surface area contributed by atoms with Crippen molar-refractivity contribution in [3.05, 3.63) is 56.5 Å². The molecule has 0 atom stereocenters. The molecule has 9 heteroatoms. The Kier molecular flexibility index (Phi) is 7.72. The van der Waals surface area contributed by atoms with Crippen molar-refractivity contribution >= 4 is 17.4 Å². The minimum absolute atomic E-state index is 0.0106. The van der Waals surface area contributed by atoms with E-state index >= 15 is 0 Å². The molecule has 0 aliphatic carbocycles. The molecule has 1 amide bonds. The van der Waals surface area contributed by atoms with Crippen LogP contribution >= 0.6 is 0 Å². The van der Waals surface area contributed by atoms with Crippen LogP contribution in [0.2, 0.25) is 0 Å². The molecule has 1 heterocycles. The number of anilines is 2. The van der Waals surface area contributed by atoms with Crippen molar-refractivity contribution < 1.29 is 9.18 Å². The Hall–Kier alpha value is -2.94. The normalized spacial score (nSPS) is 11.1. The maximum absolute atomic E-state index is 13.0. The van der Waals surface area contributed by atoms with Crippen LogP contribution < -0.4 is 21.9 Å². The second kappa shape index (κ2) is 10.0. The topological polar surface area (TPSA) is 104 Å². The SMILES string of the molecule is CCCCn1c(N)c(N(CC)C(=O)CN(C)Cc2ccc(F)cc2)c(=O)[nH]c1=O. The number of unbranched alkanes of at least 4 members (excludes halogenated alkanes) is 1. The number of halogens is 1. The molecule has 0 bridgehead atoms. The summed E-state index contributed by atoms with van der Waals surface area (Å²) in [5.74, 6) is -0.656. The zero-order valence-electron chi connectivity index (χ0n) is 17.1. The van der Waals surface area contributed by atoms with E-state index in [0.717, 1.165) is 18.4 Å². The van der Waals surface area contributed by atoms with Gasteiger partial charge in [0.1, 0.15) is 11.6 Å². The van der Waals surface area contributed by atoms with Crippen molar-refractivity contribution in [3.8, 4) is 0 Å². The molecule has 3 N–H and O–H groups in total. The summed E-state index contributed by atoms with van der Waals surface area (Å²) in [7, 11) is 1.75. The Morgan fingerprint density at radius 3 is 2.45 bits per heavy atom. The summed E-state index contributed by atoms with van der Waals surface area (Å²) in [6.07, 6.45) is 1.57. The van der Waals surface area contributed by atoms with Crippen LogP contribution in [0, 0.1) is 5.82 Å². The number of carbonyl (C=O) groups excluding carboxylic acids is 1. The predicted octanol–water partition coefficient (Wildman–Crippen LogP) is 1.54. The fraction of sp³-hybridized carbons (Fsp3) is 0.450. The molecule has 158 valence electrons. The summed E-state index contributed by atoms with van der Waals surface area (Å²) < 4.78 is 14.3. The summed E-state index contributed by atoms with van der Waals surface area (Å²) in [5.41, 5.74) is 5.69. The predicted molar refractivity (Wildman–Crippen MR) is 111 cm³/mol. The first kappa shape index (κ1) is 22.4. The lowest BCUT2D eigenvalue weighted by Gasteiger charge is -2.25. The van der Waals surface area contributed by atoms with Crippen molar-refractivity contribution in [2.45, 2.75) is 39.8 Å². The lowest BCUT2D eigenvalue weighted by atomic mass is 10.2. The van der Waals surface area contributed by atoms with Gasteiger partial charge in [0.05, 0.1) is 6.54 Å². The van der Waals surface area contributed by atoms with Crippen molar-refractivity contribution in [3.63, 3.8) is 0 Å². The third kappa shape index (κ3) is 5.54. The molecule has 0 saturated heterocycles. The number of carbonyl (C=O) groups is 1. The van der Waals surface area contributed by atoms with Crippen LogP contribution in [0.25, 0.3) is 0 Å². The highest BCUT2D eigenvalue weighted by molar-refractivity contribution is 5.96. The van der Waals surface area contributed by atoms with Crippen molar-refractivity contribution in [1.82, 2.24) is 14.5 Å². The first-order valence-corrected chi connectivity index (χ1v) is 9.64. The van der Waals surface area contributed by atoms with Gasteiger partial charge in [0.15, 0.2) is 5.69 Å². The van der Waals surface area contributed by atoms with Gasteiger partial charge in [-0.25, -0.2) is 9.18 Å². The Balaban J connectivity index is 2.23. The van der Waals surface area contributed by atoms with E-state index in [1.165, 1.54) is 21.6 Å². The van der Waals surface area contributed by atoms with Gasteiger partial charge >= 0.3 is 5.69 Å². The molecule has 0 fully saturated rings. The van der Waals surface area contributed by atoms with E-state index in [9.17, 15) is 18.8 Å². The second-order valence-corrected chi connectivity index (χ2v) is 6.94. The van der Waals surface area contributed by atoms with Gasteiger partial charge in [0.2, 0.25) is 5.91 Å². The number of nitrogen functional groups attached to an aromatic ring is 1. The molecule has 0 saturated carbocycles. The number of benzene rings is 1. The fourth-order valence-corrected chi connectivity index (χ4v) is 3.11. The number of hydrogen-bond donors (Lipinski definition) is 2. The number of aromatic amines is 1. The van der Waals surface area contributed by atoms with Crippen molar-refractivity contribution in [2.24, 2.45) is 0 Å². The quantitative estimate of drug-likeness (QED) is 0.659. The van der Waals surface area contributed by atoms with Gasteiger partial charge in [0.25, 0.3) is 5.56 Å². The number of likely N-dealkylation sites (N-methyl/N-ethyl adjacent to an activating group) is 2. The van der Waals surface area contributed by atoms with E-state index < -0.39 is 11.2 Å². The summed E-state index contributed by atoms with van der Waals surface area (Å²) in [6, 6.07) is 6.03. The monoisotopic (exact) mass is 405 g/mol. The molecule has 0 radical (unpaired) electrons. The van der Waals surface area contributed by atoms with Crippen LogP contribution in [0.1, 0.15) is 32.3 Å². The summed E-state index contributed by atoms with van der Waals surface area (Å²) >= 11 is 0. The molecule has 1 aromatic heterocycles. The summed E-state index contributed by atoms with van der Waals surface area (Å²) in [4.78, 5) is 42.7. The van der Waals surface area contributed by atoms with Gasteiger partial charge in [-0.1, -0.05) is 25.5 Å². The number of rotatable bonds is 9. The molecule has 1 aromatic carbocycles. The van der Waals surface area contributed by atoms with Crippen LogP contribution in [0.5, 0.6) is 0 Å². The first-order valence-electron chi connectivity index (χ1n) is 9.64.